The molecule has 2 unspecified atom stereocenters. The number of aryl methyl sites for hydroxylation is 1. The van der Waals surface area contributed by atoms with Crippen LogP contribution in [0.4, 0.5) is 11.4 Å². The van der Waals surface area contributed by atoms with Gasteiger partial charge >= 0.3 is 0 Å². The summed E-state index contributed by atoms with van der Waals surface area (Å²) < 4.78 is 1.07. The van der Waals surface area contributed by atoms with Crippen LogP contribution in [0.25, 0.3) is 0 Å². The van der Waals surface area contributed by atoms with Crippen molar-refractivity contribution in [3.05, 3.63) is 52.1 Å². The van der Waals surface area contributed by atoms with Crippen LogP contribution in [0.2, 0.25) is 0 Å². The maximum absolute atomic E-state index is 12.4. The lowest BCUT2D eigenvalue weighted by Gasteiger charge is -2.23. The minimum atomic E-state index is -1.34. The van der Waals surface area contributed by atoms with E-state index in [1.807, 2.05) is 0 Å². The van der Waals surface area contributed by atoms with E-state index >= 15 is 0 Å². The van der Waals surface area contributed by atoms with Crippen LogP contribution in [0.15, 0.2) is 30.5 Å². The molecule has 12 heteroatoms. The van der Waals surface area contributed by atoms with Crippen molar-refractivity contribution in [1.82, 2.24) is 15.1 Å². The second kappa shape index (κ2) is 8.31. The Bertz CT molecular complexity index is 747. The zero-order valence-corrected chi connectivity index (χ0v) is 13.7. The number of aromatic nitrogens is 2. The van der Waals surface area contributed by atoms with Crippen LogP contribution in [0, 0.1) is 10.4 Å². The number of aliphatic hydroxyl groups is 2. The molecule has 1 aromatic heterocycles. The minimum Gasteiger partial charge on any atom is -0.595 e. The van der Waals surface area contributed by atoms with Gasteiger partial charge in [-0.1, -0.05) is 12.1 Å². The molecule has 1 aromatic carbocycles. The highest BCUT2D eigenvalue weighted by Crippen LogP contribution is 2.19. The number of hydrogen-bond acceptors (Lipinski definition) is 8. The van der Waals surface area contributed by atoms with Crippen LogP contribution in [0.3, 0.4) is 0 Å². The van der Waals surface area contributed by atoms with Gasteiger partial charge in [-0.25, -0.2) is 10.4 Å². The number of nitrogens with zero attached hydrogens (tertiary/aromatic N) is 2. The second-order valence-corrected chi connectivity index (χ2v) is 5.47. The first-order chi connectivity index (χ1) is 12.3. The Morgan fingerprint density at radius 2 is 1.88 bits per heavy atom. The van der Waals surface area contributed by atoms with E-state index in [1.165, 1.54) is 31.3 Å². The zero-order chi connectivity index (χ0) is 19.4. The molecule has 0 bridgehead atoms. The van der Waals surface area contributed by atoms with Crippen molar-refractivity contribution in [3.8, 4) is 0 Å². The van der Waals surface area contributed by atoms with Gasteiger partial charge in [-0.2, -0.15) is 15.6 Å². The molecule has 4 atom stereocenters. The third-order valence-corrected chi connectivity index (χ3v) is 3.78. The van der Waals surface area contributed by atoms with Crippen LogP contribution >= 0.6 is 0 Å². The van der Waals surface area contributed by atoms with Crippen LogP contribution in [0.5, 0.6) is 0 Å². The highest BCUT2D eigenvalue weighted by molar-refractivity contribution is 5.96. The number of benzene rings is 1. The Kier molecular flexibility index (Phi) is 6.36. The molecule has 2 rings (SSSR count). The maximum atomic E-state index is 12.4. The lowest BCUT2D eigenvalue weighted by atomic mass is 10.0. The number of carbonyl (C=O) groups is 1. The van der Waals surface area contributed by atoms with E-state index in [0.29, 0.717) is 0 Å². The van der Waals surface area contributed by atoms with Gasteiger partial charge in [-0.05, 0) is 5.56 Å². The third-order valence-electron chi connectivity index (χ3n) is 3.78. The summed E-state index contributed by atoms with van der Waals surface area (Å²) in [6.45, 7) is -0.631. The first kappa shape index (κ1) is 19.9. The molecule has 0 aliphatic heterocycles. The molecular weight excluding hydrogens is 350 g/mol. The van der Waals surface area contributed by atoms with E-state index in [-0.39, 0.29) is 22.6 Å². The molecule has 0 fully saturated rings. The highest BCUT2D eigenvalue weighted by Gasteiger charge is 2.28. The molecule has 0 aliphatic carbocycles. The van der Waals surface area contributed by atoms with Crippen molar-refractivity contribution < 1.29 is 35.9 Å². The van der Waals surface area contributed by atoms with Gasteiger partial charge in [-0.3, -0.25) is 9.48 Å². The summed E-state index contributed by atoms with van der Waals surface area (Å²) in [5.41, 5.74) is -0.254. The number of amides is 1. The Balaban J connectivity index is 2.18. The van der Waals surface area contributed by atoms with Gasteiger partial charge in [0.2, 0.25) is 5.69 Å². The molecule has 12 nitrogen and oxygen atoms in total. The SMILES string of the molecule is Cn1ncc([NH+]([O-])O)c1C(=O)N[C@H](CO)[C@H](O)c1ccc([NH+]([O-])O)cc1. The van der Waals surface area contributed by atoms with E-state index in [9.17, 15) is 25.4 Å². The summed E-state index contributed by atoms with van der Waals surface area (Å²) in [5, 5.41) is 63.4. The number of quaternary nitrogens is 2. The Morgan fingerprint density at radius 3 is 2.38 bits per heavy atom. The molecule has 0 aliphatic rings. The summed E-state index contributed by atoms with van der Waals surface area (Å²) in [6, 6.07) is 4.13. The van der Waals surface area contributed by atoms with Gasteiger partial charge in [0, 0.05) is 19.2 Å². The topological polar surface area (TPSA) is 183 Å². The molecule has 0 saturated carbocycles. The molecule has 2 aromatic rings. The lowest BCUT2D eigenvalue weighted by molar-refractivity contribution is -0.991. The number of carbonyl (C=O) groups excluding carboxylic acids is 1. The summed E-state index contributed by atoms with van der Waals surface area (Å²) >= 11 is 0. The van der Waals surface area contributed by atoms with Gasteiger partial charge in [0.1, 0.15) is 12.3 Å². The third kappa shape index (κ3) is 4.21. The average Bonchev–Trinajstić information content (AvgIpc) is 3.01. The fourth-order valence-electron chi connectivity index (χ4n) is 2.38. The Morgan fingerprint density at radius 1 is 1.27 bits per heavy atom. The van der Waals surface area contributed by atoms with E-state index in [0.717, 1.165) is 10.9 Å². The van der Waals surface area contributed by atoms with Gasteiger partial charge in [0.15, 0.2) is 11.4 Å². The molecule has 1 amide bonds. The van der Waals surface area contributed by atoms with E-state index in [4.69, 9.17) is 10.4 Å². The van der Waals surface area contributed by atoms with Crippen molar-refractivity contribution >= 4 is 17.3 Å². The Labute approximate surface area is 147 Å². The largest absolute Gasteiger partial charge is 0.595 e. The van der Waals surface area contributed by atoms with E-state index < -0.39 is 35.1 Å². The standard InChI is InChI=1S/C14H19N5O7/c1-17-12(11(6-15-17)19(25)26)14(22)16-10(7-20)13(21)8-2-4-9(5-3-8)18(23)24/h2-6,10,13,18-21,23,25H,7H2,1H3,(H,16,22)/t10-,13-/m1/s1. The molecule has 0 radical (unpaired) electrons. The molecule has 0 saturated heterocycles. The van der Waals surface area contributed by atoms with E-state index in [2.05, 4.69) is 10.4 Å². The summed E-state index contributed by atoms with van der Waals surface area (Å²) in [6.07, 6.45) is -0.319. The normalized spacial score (nSPS) is 16.0. The average molecular weight is 369 g/mol. The molecule has 7 N–H and O–H groups in total. The van der Waals surface area contributed by atoms with Gasteiger partial charge in [-0.15, -0.1) is 0 Å². The predicted molar refractivity (Wildman–Crippen MR) is 84.5 cm³/mol. The zero-order valence-electron chi connectivity index (χ0n) is 13.7. The first-order valence-corrected chi connectivity index (χ1v) is 7.44. The maximum Gasteiger partial charge on any atom is 0.276 e. The first-order valence-electron chi connectivity index (χ1n) is 7.44. The van der Waals surface area contributed by atoms with Crippen LogP contribution in [-0.2, 0) is 7.05 Å². The quantitative estimate of drug-likeness (QED) is 0.253. The van der Waals surface area contributed by atoms with Crippen molar-refractivity contribution in [1.29, 1.82) is 0 Å². The predicted octanol–water partition coefficient (Wildman–Crippen LogP) is -2.95. The van der Waals surface area contributed by atoms with Crippen molar-refractivity contribution in [2.24, 2.45) is 7.05 Å². The number of rotatable bonds is 7. The van der Waals surface area contributed by atoms with Gasteiger partial charge in [0.05, 0.1) is 12.6 Å². The molecule has 142 valence electrons. The minimum absolute atomic E-state index is 0.0199. The van der Waals surface area contributed by atoms with Crippen molar-refractivity contribution in [2.45, 2.75) is 12.1 Å². The fourth-order valence-corrected chi connectivity index (χ4v) is 2.38. The van der Waals surface area contributed by atoms with Gasteiger partial charge < -0.3 is 25.9 Å². The number of aliphatic hydroxyl groups excluding tert-OH is 2. The van der Waals surface area contributed by atoms with Crippen LogP contribution < -0.4 is 15.8 Å². The van der Waals surface area contributed by atoms with Gasteiger partial charge in [0.25, 0.3) is 5.91 Å². The van der Waals surface area contributed by atoms with Crippen molar-refractivity contribution in [3.63, 3.8) is 0 Å². The smallest absolute Gasteiger partial charge is 0.276 e. The molecule has 0 spiro atoms. The van der Waals surface area contributed by atoms with E-state index in [1.54, 1.807) is 0 Å². The molecular formula is C14H19N5O7. The molecule has 1 heterocycles. The molecule has 26 heavy (non-hydrogen) atoms. The monoisotopic (exact) mass is 369 g/mol. The fraction of sp³-hybridized carbons (Fsp3) is 0.286. The van der Waals surface area contributed by atoms with Crippen LogP contribution in [0.1, 0.15) is 22.2 Å². The Hall–Kier alpha value is -2.42. The van der Waals surface area contributed by atoms with Crippen molar-refractivity contribution in [2.75, 3.05) is 6.61 Å². The summed E-state index contributed by atoms with van der Waals surface area (Å²) in [4.78, 5) is 12.4. The number of nitrogens with one attached hydrogen (secondary N) is 3. The summed E-state index contributed by atoms with van der Waals surface area (Å²) in [5.74, 6) is -0.831. The summed E-state index contributed by atoms with van der Waals surface area (Å²) in [7, 11) is 1.39. The lowest BCUT2D eigenvalue weighted by Crippen LogP contribution is -2.99. The highest BCUT2D eigenvalue weighted by atomic mass is 16.8. The second-order valence-electron chi connectivity index (χ2n) is 5.47. The number of hydrogen-bond donors (Lipinski definition) is 7. The van der Waals surface area contributed by atoms with Crippen LogP contribution in [-0.4, -0.2) is 49.0 Å².